The van der Waals surface area contributed by atoms with Crippen LogP contribution in [-0.2, 0) is 5.41 Å². The van der Waals surface area contributed by atoms with Gasteiger partial charge in [-0.3, -0.25) is 0 Å². The zero-order chi connectivity index (χ0) is 11.6. The largest absolute Gasteiger partial charge is 0.306 e. The molecule has 0 radical (unpaired) electrons. The normalized spacial score (nSPS) is 19.1. The van der Waals surface area contributed by atoms with E-state index in [9.17, 15) is 5.26 Å². The molecular weight excluding hydrogens is 255 g/mol. The highest BCUT2D eigenvalue weighted by molar-refractivity contribution is 6.30. The summed E-state index contributed by atoms with van der Waals surface area (Å²) in [7, 11) is 2.10. The van der Waals surface area contributed by atoms with Crippen molar-refractivity contribution in [1.82, 2.24) is 4.90 Å². The minimum absolute atomic E-state index is 0. The van der Waals surface area contributed by atoms with Crippen LogP contribution in [0, 0.1) is 11.3 Å². The van der Waals surface area contributed by atoms with Gasteiger partial charge in [0, 0.05) is 5.02 Å². The third-order valence-electron chi connectivity index (χ3n) is 3.45. The predicted molar refractivity (Wildman–Crippen MR) is 72.7 cm³/mol. The molecule has 0 aromatic heterocycles. The molecule has 2 rings (SSSR count). The molecule has 17 heavy (non-hydrogen) atoms. The van der Waals surface area contributed by atoms with Crippen molar-refractivity contribution in [2.75, 3.05) is 20.1 Å². The van der Waals surface area contributed by atoms with Gasteiger partial charge in [0.05, 0.1) is 11.5 Å². The number of nitriles is 1. The van der Waals surface area contributed by atoms with E-state index in [1.54, 1.807) is 0 Å². The molecule has 1 saturated heterocycles. The topological polar surface area (TPSA) is 27.0 Å². The Bertz CT molecular complexity index is 400. The second kappa shape index (κ2) is 5.73. The minimum atomic E-state index is -0.308. The first kappa shape index (κ1) is 14.3. The van der Waals surface area contributed by atoms with Crippen LogP contribution in [0.4, 0.5) is 0 Å². The zero-order valence-electron chi connectivity index (χ0n) is 9.82. The molecule has 1 aromatic rings. The Morgan fingerprint density at radius 3 is 2.24 bits per heavy atom. The van der Waals surface area contributed by atoms with Crippen molar-refractivity contribution in [2.45, 2.75) is 18.3 Å². The highest BCUT2D eigenvalue weighted by Gasteiger charge is 2.35. The fourth-order valence-electron chi connectivity index (χ4n) is 2.23. The smallest absolute Gasteiger partial charge is 0.0846 e. The fourth-order valence-corrected chi connectivity index (χ4v) is 2.36. The fraction of sp³-hybridized carbons (Fsp3) is 0.462. The van der Waals surface area contributed by atoms with Crippen LogP contribution in [0.5, 0.6) is 0 Å². The minimum Gasteiger partial charge on any atom is -0.306 e. The maximum atomic E-state index is 9.45. The summed E-state index contributed by atoms with van der Waals surface area (Å²) in [4.78, 5) is 2.27. The molecule has 92 valence electrons. The van der Waals surface area contributed by atoms with Gasteiger partial charge in [-0.05, 0) is 50.7 Å². The number of hydrogen-bond donors (Lipinski definition) is 0. The van der Waals surface area contributed by atoms with Crippen molar-refractivity contribution in [1.29, 1.82) is 5.26 Å². The van der Waals surface area contributed by atoms with E-state index in [1.807, 2.05) is 24.3 Å². The van der Waals surface area contributed by atoms with Gasteiger partial charge >= 0.3 is 0 Å². The average Bonchev–Trinajstić information content (AvgIpc) is 2.32. The molecule has 0 unspecified atom stereocenters. The number of benzene rings is 1. The van der Waals surface area contributed by atoms with Gasteiger partial charge in [0.2, 0.25) is 0 Å². The Labute approximate surface area is 114 Å². The zero-order valence-corrected chi connectivity index (χ0v) is 11.4. The highest BCUT2D eigenvalue weighted by atomic mass is 35.5. The lowest BCUT2D eigenvalue weighted by Crippen LogP contribution is -2.39. The average molecular weight is 271 g/mol. The molecule has 1 aromatic carbocycles. The lowest BCUT2D eigenvalue weighted by atomic mass is 9.74. The van der Waals surface area contributed by atoms with Crippen LogP contribution < -0.4 is 0 Å². The van der Waals surface area contributed by atoms with Crippen molar-refractivity contribution < 1.29 is 0 Å². The Morgan fingerprint density at radius 1 is 1.24 bits per heavy atom. The molecule has 4 heteroatoms. The van der Waals surface area contributed by atoms with Crippen molar-refractivity contribution in [3.05, 3.63) is 34.9 Å². The lowest BCUT2D eigenvalue weighted by Gasteiger charge is -2.35. The number of rotatable bonds is 1. The van der Waals surface area contributed by atoms with Gasteiger partial charge in [-0.1, -0.05) is 23.7 Å². The Hall–Kier alpha value is -0.750. The Balaban J connectivity index is 0.00000144. The van der Waals surface area contributed by atoms with Gasteiger partial charge < -0.3 is 4.90 Å². The van der Waals surface area contributed by atoms with E-state index in [4.69, 9.17) is 11.6 Å². The number of hydrogen-bond acceptors (Lipinski definition) is 2. The van der Waals surface area contributed by atoms with Crippen LogP contribution in [0.2, 0.25) is 5.02 Å². The first-order chi connectivity index (χ1) is 7.66. The molecule has 1 heterocycles. The summed E-state index contributed by atoms with van der Waals surface area (Å²) in [5.74, 6) is 0. The Morgan fingerprint density at radius 2 is 1.76 bits per heavy atom. The van der Waals surface area contributed by atoms with Crippen molar-refractivity contribution in [2.24, 2.45) is 0 Å². The van der Waals surface area contributed by atoms with Gasteiger partial charge in [-0.2, -0.15) is 5.26 Å². The van der Waals surface area contributed by atoms with Crippen molar-refractivity contribution in [3.8, 4) is 6.07 Å². The van der Waals surface area contributed by atoms with Crippen LogP contribution in [0.1, 0.15) is 18.4 Å². The summed E-state index contributed by atoms with van der Waals surface area (Å²) in [6, 6.07) is 10.2. The first-order valence-electron chi connectivity index (χ1n) is 5.52. The number of likely N-dealkylation sites (tertiary alicyclic amines) is 1. The van der Waals surface area contributed by atoms with Crippen LogP contribution in [0.15, 0.2) is 24.3 Å². The first-order valence-corrected chi connectivity index (χ1v) is 5.90. The van der Waals surface area contributed by atoms with E-state index < -0.39 is 0 Å². The third-order valence-corrected chi connectivity index (χ3v) is 3.70. The van der Waals surface area contributed by atoms with Crippen LogP contribution in [0.3, 0.4) is 0 Å². The summed E-state index contributed by atoms with van der Waals surface area (Å²) in [6.45, 7) is 1.96. The van der Waals surface area contributed by atoms with E-state index in [0.29, 0.717) is 0 Å². The van der Waals surface area contributed by atoms with E-state index in [-0.39, 0.29) is 17.8 Å². The van der Waals surface area contributed by atoms with Crippen LogP contribution in [0.25, 0.3) is 0 Å². The molecule has 0 bridgehead atoms. The maximum absolute atomic E-state index is 9.45. The van der Waals surface area contributed by atoms with E-state index >= 15 is 0 Å². The molecule has 0 spiro atoms. The second-order valence-corrected chi connectivity index (χ2v) is 4.94. The maximum Gasteiger partial charge on any atom is 0.0846 e. The third kappa shape index (κ3) is 2.93. The molecule has 0 aliphatic carbocycles. The monoisotopic (exact) mass is 270 g/mol. The molecular formula is C13H16Cl2N2. The summed E-state index contributed by atoms with van der Waals surface area (Å²) in [5.41, 5.74) is 0.796. The van der Waals surface area contributed by atoms with Crippen LogP contribution >= 0.6 is 24.0 Å². The molecule has 2 nitrogen and oxygen atoms in total. The molecule has 0 amide bonds. The van der Waals surface area contributed by atoms with E-state index in [0.717, 1.165) is 36.5 Å². The van der Waals surface area contributed by atoms with Crippen LogP contribution in [-0.4, -0.2) is 25.0 Å². The quantitative estimate of drug-likeness (QED) is 0.784. The van der Waals surface area contributed by atoms with Gasteiger partial charge in [-0.15, -0.1) is 12.4 Å². The number of halogens is 2. The standard InChI is InChI=1S/C13H15ClN2.ClH/c1-16-8-6-13(10-15,7-9-16)11-2-4-12(14)5-3-11;/h2-5H,6-9H2,1H3;1H. The number of piperidine rings is 1. The SMILES string of the molecule is CN1CCC(C#N)(c2ccc(Cl)cc2)CC1.Cl. The van der Waals surface area contributed by atoms with Gasteiger partial charge in [0.25, 0.3) is 0 Å². The summed E-state index contributed by atoms with van der Waals surface area (Å²) < 4.78 is 0. The lowest BCUT2D eigenvalue weighted by molar-refractivity contribution is 0.222. The molecule has 1 aliphatic rings. The summed E-state index contributed by atoms with van der Waals surface area (Å²) in [6.07, 6.45) is 1.81. The Kier molecular flexibility index (Phi) is 4.82. The van der Waals surface area contributed by atoms with Crippen molar-refractivity contribution >= 4 is 24.0 Å². The van der Waals surface area contributed by atoms with Gasteiger partial charge in [0.15, 0.2) is 0 Å². The molecule has 0 atom stereocenters. The summed E-state index contributed by atoms with van der Waals surface area (Å²) >= 11 is 5.87. The van der Waals surface area contributed by atoms with E-state index in [2.05, 4.69) is 18.0 Å². The van der Waals surface area contributed by atoms with Gasteiger partial charge in [-0.25, -0.2) is 0 Å². The molecule has 0 N–H and O–H groups in total. The van der Waals surface area contributed by atoms with Gasteiger partial charge in [0.1, 0.15) is 0 Å². The highest BCUT2D eigenvalue weighted by Crippen LogP contribution is 2.34. The second-order valence-electron chi connectivity index (χ2n) is 4.50. The summed E-state index contributed by atoms with van der Waals surface area (Å²) in [5, 5.41) is 10.2. The molecule has 1 aliphatic heterocycles. The number of nitrogens with zero attached hydrogens (tertiary/aromatic N) is 2. The molecule has 0 saturated carbocycles. The van der Waals surface area contributed by atoms with Crippen molar-refractivity contribution in [3.63, 3.8) is 0 Å². The van der Waals surface area contributed by atoms with E-state index in [1.165, 1.54) is 0 Å². The molecule has 1 fully saturated rings. The predicted octanol–water partition coefficient (Wildman–Crippen LogP) is 3.25.